The first-order chi connectivity index (χ1) is 13.7. The Balaban J connectivity index is 1.32. The van der Waals surface area contributed by atoms with Crippen LogP contribution >= 0.6 is 0 Å². The van der Waals surface area contributed by atoms with E-state index in [1.54, 1.807) is 14.2 Å². The van der Waals surface area contributed by atoms with Crippen molar-refractivity contribution in [3.63, 3.8) is 0 Å². The van der Waals surface area contributed by atoms with E-state index in [0.29, 0.717) is 13.0 Å². The molecule has 0 atom stereocenters. The molecule has 0 unspecified atom stereocenters. The number of methoxy groups -OCH3 is 2. The molecule has 0 radical (unpaired) electrons. The lowest BCUT2D eigenvalue weighted by molar-refractivity contribution is -0.132. The summed E-state index contributed by atoms with van der Waals surface area (Å²) in [4.78, 5) is 14.6. The van der Waals surface area contributed by atoms with E-state index in [2.05, 4.69) is 6.07 Å². The number of nitrogens with zero attached hydrogens (tertiary/aromatic N) is 1. The van der Waals surface area contributed by atoms with E-state index in [-0.39, 0.29) is 12.7 Å². The van der Waals surface area contributed by atoms with Gasteiger partial charge in [-0.25, -0.2) is 0 Å². The molecule has 2 aliphatic rings. The Bertz CT molecular complexity index is 879. The van der Waals surface area contributed by atoms with E-state index in [1.165, 1.54) is 5.56 Å². The zero-order valence-electron chi connectivity index (χ0n) is 16.3. The predicted octanol–water partition coefficient (Wildman–Crippen LogP) is 3.34. The van der Waals surface area contributed by atoms with E-state index in [9.17, 15) is 4.79 Å². The smallest absolute Gasteiger partial charge is 0.231 e. The summed E-state index contributed by atoms with van der Waals surface area (Å²) in [7, 11) is 3.26. The quantitative estimate of drug-likeness (QED) is 0.766. The maximum atomic E-state index is 12.7. The highest BCUT2D eigenvalue weighted by Crippen LogP contribution is 2.37. The highest BCUT2D eigenvalue weighted by Gasteiger charge is 2.24. The van der Waals surface area contributed by atoms with Crippen LogP contribution in [0.5, 0.6) is 23.0 Å². The normalized spacial score (nSPS) is 14.6. The molecule has 0 saturated carbocycles. The van der Waals surface area contributed by atoms with Crippen LogP contribution in [0.2, 0.25) is 0 Å². The fourth-order valence-electron chi connectivity index (χ4n) is 3.80. The molecule has 2 aromatic rings. The molecule has 28 heavy (non-hydrogen) atoms. The van der Waals surface area contributed by atoms with Crippen molar-refractivity contribution >= 4 is 5.91 Å². The van der Waals surface area contributed by atoms with Gasteiger partial charge in [-0.3, -0.25) is 4.79 Å². The molecule has 6 heteroatoms. The van der Waals surface area contributed by atoms with Crippen LogP contribution in [-0.2, 0) is 24.2 Å². The molecule has 0 aromatic heterocycles. The van der Waals surface area contributed by atoms with Crippen molar-refractivity contribution in [3.8, 4) is 23.0 Å². The van der Waals surface area contributed by atoms with Gasteiger partial charge in [-0.15, -0.1) is 0 Å². The van der Waals surface area contributed by atoms with Gasteiger partial charge in [0.25, 0.3) is 0 Å². The molecular weight excluding hydrogens is 358 g/mol. The highest BCUT2D eigenvalue weighted by atomic mass is 16.7. The van der Waals surface area contributed by atoms with Crippen LogP contribution in [0, 0.1) is 0 Å². The number of fused-ring (bicyclic) bond motifs is 2. The van der Waals surface area contributed by atoms with Gasteiger partial charge in [0.05, 0.1) is 14.2 Å². The molecule has 0 spiro atoms. The number of amides is 1. The topological polar surface area (TPSA) is 57.2 Å². The Kier molecular flexibility index (Phi) is 5.28. The van der Waals surface area contributed by atoms with Gasteiger partial charge in [0.1, 0.15) is 0 Å². The molecule has 4 rings (SSSR count). The van der Waals surface area contributed by atoms with Gasteiger partial charge in [0.15, 0.2) is 23.0 Å². The molecule has 0 fully saturated rings. The van der Waals surface area contributed by atoms with E-state index in [0.717, 1.165) is 59.9 Å². The Morgan fingerprint density at radius 2 is 1.79 bits per heavy atom. The molecule has 0 N–H and O–H groups in total. The maximum absolute atomic E-state index is 12.7. The van der Waals surface area contributed by atoms with Crippen LogP contribution in [0.4, 0.5) is 0 Å². The molecule has 148 valence electrons. The second-order valence-electron chi connectivity index (χ2n) is 7.08. The minimum absolute atomic E-state index is 0.198. The van der Waals surface area contributed by atoms with Crippen LogP contribution in [0.1, 0.15) is 29.5 Å². The molecule has 6 nitrogen and oxygen atoms in total. The van der Waals surface area contributed by atoms with Crippen LogP contribution in [0.15, 0.2) is 30.3 Å². The first-order valence-electron chi connectivity index (χ1n) is 9.58. The van der Waals surface area contributed by atoms with Crippen LogP contribution < -0.4 is 18.9 Å². The van der Waals surface area contributed by atoms with Crippen LogP contribution in [0.3, 0.4) is 0 Å². The Morgan fingerprint density at radius 3 is 2.54 bits per heavy atom. The van der Waals surface area contributed by atoms with Gasteiger partial charge >= 0.3 is 0 Å². The van der Waals surface area contributed by atoms with Crippen molar-refractivity contribution in [3.05, 3.63) is 47.0 Å². The Morgan fingerprint density at radius 1 is 1.04 bits per heavy atom. The number of benzene rings is 2. The first kappa shape index (κ1) is 18.5. The summed E-state index contributed by atoms with van der Waals surface area (Å²) in [6.07, 6.45) is 3.02. The molecule has 0 bridgehead atoms. The number of aryl methyl sites for hydroxylation is 1. The van der Waals surface area contributed by atoms with Gasteiger partial charge in [-0.05, 0) is 60.2 Å². The Hall–Kier alpha value is -2.89. The molecule has 1 amide bonds. The standard InChI is InChI=1S/C22H25NO5/c1-25-18-7-6-15(10-19(18)26-2)4-3-5-22(24)23-9-8-16-11-20-21(28-14-27-20)12-17(16)13-23/h6-7,10-12H,3-5,8-9,13-14H2,1-2H3. The number of carbonyl (C=O) groups is 1. The second-order valence-corrected chi connectivity index (χ2v) is 7.08. The van der Waals surface area contributed by atoms with Crippen molar-refractivity contribution in [1.29, 1.82) is 0 Å². The van der Waals surface area contributed by atoms with Gasteiger partial charge in [0, 0.05) is 19.5 Å². The molecule has 2 aliphatic heterocycles. The fourth-order valence-corrected chi connectivity index (χ4v) is 3.80. The number of ether oxygens (including phenoxy) is 4. The monoisotopic (exact) mass is 383 g/mol. The third-order valence-electron chi connectivity index (χ3n) is 5.36. The van der Waals surface area contributed by atoms with E-state index < -0.39 is 0 Å². The number of hydrogen-bond donors (Lipinski definition) is 0. The maximum Gasteiger partial charge on any atom is 0.231 e. The van der Waals surface area contributed by atoms with Crippen molar-refractivity contribution in [2.75, 3.05) is 27.6 Å². The molecular formula is C22H25NO5. The predicted molar refractivity (Wildman–Crippen MR) is 104 cm³/mol. The van der Waals surface area contributed by atoms with E-state index in [4.69, 9.17) is 18.9 Å². The van der Waals surface area contributed by atoms with Gasteiger partial charge < -0.3 is 23.8 Å². The summed E-state index contributed by atoms with van der Waals surface area (Å²) in [5.74, 6) is 3.23. The summed E-state index contributed by atoms with van der Waals surface area (Å²) >= 11 is 0. The molecule has 2 aromatic carbocycles. The van der Waals surface area contributed by atoms with E-state index in [1.807, 2.05) is 29.2 Å². The molecule has 2 heterocycles. The molecule has 0 saturated heterocycles. The van der Waals surface area contributed by atoms with Gasteiger partial charge in [-0.1, -0.05) is 6.07 Å². The lowest BCUT2D eigenvalue weighted by Gasteiger charge is -2.29. The number of rotatable bonds is 6. The lowest BCUT2D eigenvalue weighted by Crippen LogP contribution is -2.35. The summed E-state index contributed by atoms with van der Waals surface area (Å²) in [6, 6.07) is 9.97. The van der Waals surface area contributed by atoms with Crippen molar-refractivity contribution in [1.82, 2.24) is 4.90 Å². The minimum atomic E-state index is 0.198. The highest BCUT2D eigenvalue weighted by molar-refractivity contribution is 5.76. The Labute approximate surface area is 165 Å². The van der Waals surface area contributed by atoms with Crippen molar-refractivity contribution in [2.45, 2.75) is 32.2 Å². The minimum Gasteiger partial charge on any atom is -0.493 e. The average Bonchev–Trinajstić information content (AvgIpc) is 3.18. The summed E-state index contributed by atoms with van der Waals surface area (Å²) in [5.41, 5.74) is 3.55. The first-order valence-corrected chi connectivity index (χ1v) is 9.58. The zero-order valence-corrected chi connectivity index (χ0v) is 16.3. The third kappa shape index (κ3) is 3.72. The lowest BCUT2D eigenvalue weighted by atomic mass is 9.98. The number of hydrogen-bond acceptors (Lipinski definition) is 5. The van der Waals surface area contributed by atoms with E-state index >= 15 is 0 Å². The van der Waals surface area contributed by atoms with Gasteiger partial charge in [0.2, 0.25) is 12.7 Å². The zero-order chi connectivity index (χ0) is 19.5. The summed E-state index contributed by atoms with van der Waals surface area (Å²) < 4.78 is 21.5. The largest absolute Gasteiger partial charge is 0.493 e. The SMILES string of the molecule is COc1ccc(CCCC(=O)N2CCc3cc4c(cc3C2)OCO4)cc1OC. The van der Waals surface area contributed by atoms with Crippen molar-refractivity contribution < 1.29 is 23.7 Å². The fraction of sp³-hybridized carbons (Fsp3) is 0.409. The van der Waals surface area contributed by atoms with Crippen molar-refractivity contribution in [2.24, 2.45) is 0 Å². The summed E-state index contributed by atoms with van der Waals surface area (Å²) in [5, 5.41) is 0. The van der Waals surface area contributed by atoms with Gasteiger partial charge in [-0.2, -0.15) is 0 Å². The van der Waals surface area contributed by atoms with Crippen LogP contribution in [0.25, 0.3) is 0 Å². The number of carbonyl (C=O) groups excluding carboxylic acids is 1. The second kappa shape index (κ2) is 8.00. The summed E-state index contributed by atoms with van der Waals surface area (Å²) in [6.45, 7) is 1.67. The van der Waals surface area contributed by atoms with Crippen LogP contribution in [-0.4, -0.2) is 38.4 Å². The third-order valence-corrected chi connectivity index (χ3v) is 5.36. The molecule has 0 aliphatic carbocycles. The average molecular weight is 383 g/mol.